The Bertz CT molecular complexity index is 4400. The van der Waals surface area contributed by atoms with E-state index in [0.29, 0.717) is 0 Å². The van der Waals surface area contributed by atoms with Crippen molar-refractivity contribution in [2.45, 2.75) is 24.7 Å². The van der Waals surface area contributed by atoms with E-state index >= 15 is 0 Å². The van der Waals surface area contributed by atoms with Gasteiger partial charge >= 0.3 is 0 Å². The zero-order chi connectivity index (χ0) is 46.7. The molecule has 0 N–H and O–H groups in total. The van der Waals surface area contributed by atoms with Crippen LogP contribution >= 0.6 is 0 Å². The maximum atomic E-state index is 2.62. The van der Waals surface area contributed by atoms with Crippen molar-refractivity contribution in [2.24, 2.45) is 0 Å². The SMILES string of the molecule is CC1(C)c2ccccc2C2(c3ccccc31)c1cccc3c1-c1c2ccc2c4ccc(N(c5ccc6ccccc6c5)c5ccc6c(c5)c5ccccc5n6-c5ccccc5)cc4n(c12)-c1ccccc1-3. The molecule has 3 heterocycles. The third-order valence-corrected chi connectivity index (χ3v) is 16.7. The van der Waals surface area contributed by atoms with Gasteiger partial charge < -0.3 is 14.0 Å². The minimum Gasteiger partial charge on any atom is -0.310 e. The molecular weight excluding hydrogens is 859 g/mol. The number of rotatable bonds is 4. The summed E-state index contributed by atoms with van der Waals surface area (Å²) >= 11 is 0. The van der Waals surface area contributed by atoms with E-state index in [1.165, 1.54) is 116 Å². The lowest BCUT2D eigenvalue weighted by Gasteiger charge is -2.46. The van der Waals surface area contributed by atoms with Crippen molar-refractivity contribution in [3.63, 3.8) is 0 Å². The summed E-state index contributed by atoms with van der Waals surface area (Å²) in [5.74, 6) is 0. The fourth-order valence-electron chi connectivity index (χ4n) is 13.7. The van der Waals surface area contributed by atoms with Crippen LogP contribution in [0.3, 0.4) is 0 Å². The van der Waals surface area contributed by atoms with Crippen molar-refractivity contribution in [1.82, 2.24) is 9.13 Å². The first-order chi connectivity index (χ1) is 35.0. The van der Waals surface area contributed by atoms with Crippen LogP contribution in [0.1, 0.15) is 47.2 Å². The summed E-state index contributed by atoms with van der Waals surface area (Å²) in [6.07, 6.45) is 0. The molecule has 16 rings (SSSR count). The Labute approximate surface area is 411 Å². The van der Waals surface area contributed by atoms with Gasteiger partial charge in [0.05, 0.1) is 33.2 Å². The summed E-state index contributed by atoms with van der Waals surface area (Å²) in [6.45, 7) is 4.82. The molecule has 0 unspecified atom stereocenters. The van der Waals surface area contributed by atoms with Gasteiger partial charge in [-0.2, -0.15) is 0 Å². The fourth-order valence-corrected chi connectivity index (χ4v) is 13.7. The van der Waals surface area contributed by atoms with Gasteiger partial charge in [0.25, 0.3) is 0 Å². The van der Waals surface area contributed by atoms with Gasteiger partial charge in [0, 0.05) is 60.8 Å². The third-order valence-electron chi connectivity index (χ3n) is 16.7. The number of fused-ring (bicyclic) bond motifs is 16. The third kappa shape index (κ3) is 4.92. The van der Waals surface area contributed by atoms with E-state index in [4.69, 9.17) is 0 Å². The molecule has 0 saturated heterocycles. The Kier molecular flexibility index (Phi) is 7.62. The van der Waals surface area contributed by atoms with Crippen molar-refractivity contribution in [2.75, 3.05) is 4.90 Å². The van der Waals surface area contributed by atoms with Gasteiger partial charge in [-0.15, -0.1) is 0 Å². The molecule has 0 atom stereocenters. The summed E-state index contributed by atoms with van der Waals surface area (Å²) in [5.41, 5.74) is 23.4. The summed E-state index contributed by atoms with van der Waals surface area (Å²) in [4.78, 5) is 2.47. The largest absolute Gasteiger partial charge is 0.310 e. The van der Waals surface area contributed by atoms with Crippen molar-refractivity contribution in [3.8, 4) is 33.6 Å². The lowest BCUT2D eigenvalue weighted by Crippen LogP contribution is -2.40. The summed E-state index contributed by atoms with van der Waals surface area (Å²) < 4.78 is 5.01. The summed E-state index contributed by atoms with van der Waals surface area (Å²) in [7, 11) is 0. The number of hydrogen-bond donors (Lipinski definition) is 0. The molecule has 71 heavy (non-hydrogen) atoms. The van der Waals surface area contributed by atoms with Crippen LogP contribution in [0, 0.1) is 0 Å². The van der Waals surface area contributed by atoms with Gasteiger partial charge in [0.1, 0.15) is 0 Å². The Morgan fingerprint density at radius 2 is 0.915 bits per heavy atom. The van der Waals surface area contributed by atoms with E-state index in [2.05, 4.69) is 264 Å². The van der Waals surface area contributed by atoms with Crippen LogP contribution in [0.15, 0.2) is 237 Å². The van der Waals surface area contributed by atoms with Crippen LogP contribution in [0.2, 0.25) is 0 Å². The maximum Gasteiger partial charge on any atom is 0.0720 e. The zero-order valence-electron chi connectivity index (χ0n) is 39.4. The number of aromatic nitrogens is 2. The predicted molar refractivity (Wildman–Crippen MR) is 296 cm³/mol. The fraction of sp³-hybridized carbons (Fsp3) is 0.0588. The van der Waals surface area contributed by atoms with Crippen LogP contribution in [-0.2, 0) is 10.8 Å². The molecule has 332 valence electrons. The molecule has 3 heteroatoms. The summed E-state index contributed by atoms with van der Waals surface area (Å²) in [6, 6.07) is 89.1. The van der Waals surface area contributed by atoms with Crippen LogP contribution in [-0.4, -0.2) is 9.13 Å². The molecule has 0 amide bonds. The van der Waals surface area contributed by atoms with Crippen molar-refractivity contribution in [1.29, 1.82) is 0 Å². The van der Waals surface area contributed by atoms with Gasteiger partial charge in [-0.25, -0.2) is 0 Å². The molecule has 2 aliphatic carbocycles. The zero-order valence-corrected chi connectivity index (χ0v) is 39.4. The highest BCUT2D eigenvalue weighted by molar-refractivity contribution is 6.20. The second kappa shape index (κ2) is 13.9. The first-order valence-corrected chi connectivity index (χ1v) is 24.9. The minimum atomic E-state index is -0.495. The molecule has 0 saturated carbocycles. The number of nitrogens with zero attached hydrogens (tertiary/aromatic N) is 3. The monoisotopic (exact) mass is 903 g/mol. The highest BCUT2D eigenvalue weighted by atomic mass is 15.1. The van der Waals surface area contributed by atoms with Gasteiger partial charge in [0.15, 0.2) is 0 Å². The number of benzene rings is 11. The Hall–Kier alpha value is -8.92. The molecule has 2 aromatic heterocycles. The normalized spacial score (nSPS) is 14.3. The summed E-state index contributed by atoms with van der Waals surface area (Å²) in [5, 5.41) is 7.39. The quantitative estimate of drug-likeness (QED) is 0.172. The van der Waals surface area contributed by atoms with Gasteiger partial charge in [0.2, 0.25) is 0 Å². The van der Waals surface area contributed by atoms with E-state index in [1.807, 2.05) is 0 Å². The standard InChI is InChI=1S/C68H45N3/c1-67(2)54-24-10-12-26-56(54)68(57-27-13-11-25-55(57)67)58-28-16-23-51-48-21-8-15-30-61(48)71-63-41-47(33-35-50(63)52-36-37-59(68)65(64(51)58)66(52)71)69(45-32-31-42-17-6-7-18-43(42)39-45)46-34-38-62-53(40-46)49-22-9-14-29-60(49)70(62)44-19-4-3-5-20-44/h3-41H,1-2H3. The number of anilines is 3. The number of para-hydroxylation sites is 3. The van der Waals surface area contributed by atoms with E-state index in [9.17, 15) is 0 Å². The second-order valence-corrected chi connectivity index (χ2v) is 20.4. The van der Waals surface area contributed by atoms with Gasteiger partial charge in [-0.3, -0.25) is 0 Å². The first kappa shape index (κ1) is 39.0. The van der Waals surface area contributed by atoms with E-state index in [0.717, 1.165) is 22.7 Å². The number of hydrogen-bond acceptors (Lipinski definition) is 1. The van der Waals surface area contributed by atoms with Crippen molar-refractivity contribution in [3.05, 3.63) is 270 Å². The first-order valence-electron chi connectivity index (χ1n) is 24.9. The second-order valence-electron chi connectivity index (χ2n) is 20.4. The molecule has 1 aliphatic heterocycles. The van der Waals surface area contributed by atoms with Crippen LogP contribution in [0.4, 0.5) is 17.1 Å². The molecule has 0 bridgehead atoms. The van der Waals surface area contributed by atoms with Crippen LogP contribution < -0.4 is 4.90 Å². The molecule has 0 fully saturated rings. The maximum absolute atomic E-state index is 2.62. The minimum absolute atomic E-state index is 0.168. The van der Waals surface area contributed by atoms with Crippen molar-refractivity contribution >= 4 is 71.4 Å². The van der Waals surface area contributed by atoms with Gasteiger partial charge in [-0.05, 0) is 122 Å². The highest BCUT2D eigenvalue weighted by Gasteiger charge is 2.55. The Morgan fingerprint density at radius 3 is 1.75 bits per heavy atom. The Balaban J connectivity index is 0.999. The average molecular weight is 904 g/mol. The van der Waals surface area contributed by atoms with Crippen LogP contribution in [0.25, 0.3) is 88.0 Å². The molecule has 3 aliphatic rings. The van der Waals surface area contributed by atoms with E-state index < -0.39 is 5.41 Å². The van der Waals surface area contributed by atoms with Crippen molar-refractivity contribution < 1.29 is 0 Å². The highest BCUT2D eigenvalue weighted by Crippen LogP contribution is 2.66. The topological polar surface area (TPSA) is 13.1 Å². The Morgan fingerprint density at radius 1 is 0.338 bits per heavy atom. The van der Waals surface area contributed by atoms with E-state index in [-0.39, 0.29) is 5.41 Å². The van der Waals surface area contributed by atoms with E-state index in [1.54, 1.807) is 0 Å². The smallest absolute Gasteiger partial charge is 0.0720 e. The molecule has 0 radical (unpaired) electrons. The molecule has 13 aromatic rings. The average Bonchev–Trinajstić information content (AvgIpc) is 4.01. The molecular formula is C68H45N3. The lowest BCUT2D eigenvalue weighted by molar-refractivity contribution is 0.563. The predicted octanol–water partition coefficient (Wildman–Crippen LogP) is 17.5. The molecule has 3 nitrogen and oxygen atoms in total. The lowest BCUT2D eigenvalue weighted by atomic mass is 9.55. The van der Waals surface area contributed by atoms with Gasteiger partial charge in [-0.1, -0.05) is 184 Å². The molecule has 11 aromatic carbocycles. The van der Waals surface area contributed by atoms with Crippen LogP contribution in [0.5, 0.6) is 0 Å². The molecule has 1 spiro atoms.